The SMILES string of the molecule is Cc1cc(Cl)ccc1S(=O)(=O)N1[C@@H]2CC[C@H]1CC(NC(=O)c1ccncc1)C2. The number of carbonyl (C=O) groups is 1. The first-order chi connectivity index (χ1) is 13.4. The number of aromatic nitrogens is 1. The lowest BCUT2D eigenvalue weighted by molar-refractivity contribution is 0.0909. The number of carbonyl (C=O) groups excluding carboxylic acids is 1. The van der Waals surface area contributed by atoms with E-state index in [0.29, 0.717) is 33.9 Å². The zero-order valence-electron chi connectivity index (χ0n) is 15.5. The molecule has 0 radical (unpaired) electrons. The van der Waals surface area contributed by atoms with E-state index in [2.05, 4.69) is 10.3 Å². The normalized spacial score (nSPS) is 24.9. The Balaban J connectivity index is 1.52. The number of sulfonamides is 1. The average Bonchev–Trinajstić information content (AvgIpc) is 2.94. The highest BCUT2D eigenvalue weighted by atomic mass is 35.5. The van der Waals surface area contributed by atoms with Crippen LogP contribution in [0.2, 0.25) is 5.02 Å². The average molecular weight is 420 g/mol. The van der Waals surface area contributed by atoms with Gasteiger partial charge in [0.2, 0.25) is 10.0 Å². The molecule has 2 bridgehead atoms. The summed E-state index contributed by atoms with van der Waals surface area (Å²) in [6, 6.07) is 8.01. The standard InChI is InChI=1S/C20H22ClN3O3S/c1-13-10-15(21)2-5-19(13)28(26,27)24-17-3-4-18(24)12-16(11-17)23-20(25)14-6-8-22-9-7-14/h2,5-10,16-18H,3-4,11-12H2,1H3,(H,23,25)/t16?,17-,18+. The van der Waals surface area contributed by atoms with Crippen LogP contribution in [-0.2, 0) is 10.0 Å². The number of fused-ring (bicyclic) bond motifs is 2. The molecule has 2 aliphatic rings. The maximum absolute atomic E-state index is 13.3. The van der Waals surface area contributed by atoms with Crippen LogP contribution in [0.1, 0.15) is 41.6 Å². The molecular formula is C20H22ClN3O3S. The molecule has 6 nitrogen and oxygen atoms in total. The number of hydrogen-bond acceptors (Lipinski definition) is 4. The molecule has 2 fully saturated rings. The van der Waals surface area contributed by atoms with Crippen molar-refractivity contribution in [3.63, 3.8) is 0 Å². The molecule has 2 aromatic rings. The van der Waals surface area contributed by atoms with Gasteiger partial charge < -0.3 is 5.32 Å². The third-order valence-corrected chi connectivity index (χ3v) is 8.04. The number of nitrogens with zero attached hydrogens (tertiary/aromatic N) is 2. The zero-order valence-corrected chi connectivity index (χ0v) is 17.1. The predicted octanol–water partition coefficient (Wildman–Crippen LogP) is 3.16. The number of rotatable bonds is 4. The maximum Gasteiger partial charge on any atom is 0.251 e. The lowest BCUT2D eigenvalue weighted by Crippen LogP contribution is -2.52. The predicted molar refractivity (Wildman–Crippen MR) is 107 cm³/mol. The van der Waals surface area contributed by atoms with Gasteiger partial charge in [0.1, 0.15) is 0 Å². The minimum Gasteiger partial charge on any atom is -0.349 e. The molecule has 2 aliphatic heterocycles. The van der Waals surface area contributed by atoms with Crippen molar-refractivity contribution in [1.82, 2.24) is 14.6 Å². The van der Waals surface area contributed by atoms with Gasteiger partial charge >= 0.3 is 0 Å². The summed E-state index contributed by atoms with van der Waals surface area (Å²) in [5.41, 5.74) is 1.22. The van der Waals surface area contributed by atoms with Crippen LogP contribution in [0.5, 0.6) is 0 Å². The second kappa shape index (κ2) is 7.46. The van der Waals surface area contributed by atoms with Crippen LogP contribution in [0.4, 0.5) is 0 Å². The van der Waals surface area contributed by atoms with Crippen LogP contribution >= 0.6 is 11.6 Å². The molecule has 1 amide bonds. The van der Waals surface area contributed by atoms with E-state index >= 15 is 0 Å². The Morgan fingerprint density at radius 1 is 1.14 bits per heavy atom. The zero-order chi connectivity index (χ0) is 19.9. The molecule has 1 aromatic carbocycles. The van der Waals surface area contributed by atoms with Crippen LogP contribution in [-0.4, -0.2) is 41.7 Å². The Hall–Kier alpha value is -1.96. The van der Waals surface area contributed by atoms with E-state index in [1.165, 1.54) is 0 Å². The van der Waals surface area contributed by atoms with Crippen molar-refractivity contribution in [2.75, 3.05) is 0 Å². The van der Waals surface area contributed by atoms with Gasteiger partial charge in [0.25, 0.3) is 5.91 Å². The number of benzene rings is 1. The number of hydrogen-bond donors (Lipinski definition) is 1. The van der Waals surface area contributed by atoms with Crippen molar-refractivity contribution < 1.29 is 13.2 Å². The number of aryl methyl sites for hydroxylation is 1. The third-order valence-electron chi connectivity index (χ3n) is 5.64. The molecule has 1 aromatic heterocycles. The lowest BCUT2D eigenvalue weighted by Gasteiger charge is -2.38. The van der Waals surface area contributed by atoms with Crippen molar-refractivity contribution in [3.8, 4) is 0 Å². The van der Waals surface area contributed by atoms with Gasteiger partial charge in [-0.1, -0.05) is 11.6 Å². The molecule has 0 saturated carbocycles. The molecule has 8 heteroatoms. The van der Waals surface area contributed by atoms with Crippen molar-refractivity contribution in [3.05, 3.63) is 58.9 Å². The molecule has 2 saturated heterocycles. The van der Waals surface area contributed by atoms with Gasteiger partial charge in [-0.2, -0.15) is 4.31 Å². The molecule has 3 atom stereocenters. The first-order valence-electron chi connectivity index (χ1n) is 9.37. The fraction of sp³-hybridized carbons (Fsp3) is 0.400. The van der Waals surface area contributed by atoms with Gasteiger partial charge in [-0.25, -0.2) is 8.42 Å². The first kappa shape index (κ1) is 19.4. The van der Waals surface area contributed by atoms with E-state index in [-0.39, 0.29) is 24.0 Å². The summed E-state index contributed by atoms with van der Waals surface area (Å²) in [5.74, 6) is -0.142. The van der Waals surface area contributed by atoms with Gasteiger partial charge in [0, 0.05) is 41.1 Å². The summed E-state index contributed by atoms with van der Waals surface area (Å²) >= 11 is 5.99. The topological polar surface area (TPSA) is 79.4 Å². The highest BCUT2D eigenvalue weighted by Gasteiger charge is 2.47. The Kier molecular flexibility index (Phi) is 5.16. The van der Waals surface area contributed by atoms with Crippen LogP contribution < -0.4 is 5.32 Å². The Labute approximate surface area is 170 Å². The Morgan fingerprint density at radius 2 is 1.79 bits per heavy atom. The number of amides is 1. The smallest absolute Gasteiger partial charge is 0.251 e. The van der Waals surface area contributed by atoms with E-state index in [1.54, 1.807) is 54.0 Å². The van der Waals surface area contributed by atoms with Crippen molar-refractivity contribution in [2.24, 2.45) is 0 Å². The van der Waals surface area contributed by atoms with Crippen LogP contribution in [0.25, 0.3) is 0 Å². The molecule has 0 aliphatic carbocycles. The number of piperidine rings is 1. The van der Waals surface area contributed by atoms with E-state index < -0.39 is 10.0 Å². The summed E-state index contributed by atoms with van der Waals surface area (Å²) < 4.78 is 28.3. The summed E-state index contributed by atoms with van der Waals surface area (Å²) in [4.78, 5) is 16.7. The van der Waals surface area contributed by atoms with Crippen LogP contribution in [0, 0.1) is 6.92 Å². The van der Waals surface area contributed by atoms with E-state index in [0.717, 1.165) is 12.8 Å². The summed E-state index contributed by atoms with van der Waals surface area (Å²) in [6.45, 7) is 1.77. The highest BCUT2D eigenvalue weighted by Crippen LogP contribution is 2.40. The van der Waals surface area contributed by atoms with Gasteiger partial charge in [0.05, 0.1) is 4.90 Å². The second-order valence-electron chi connectivity index (χ2n) is 7.51. The molecule has 4 rings (SSSR count). The third kappa shape index (κ3) is 3.54. The first-order valence-corrected chi connectivity index (χ1v) is 11.2. The highest BCUT2D eigenvalue weighted by molar-refractivity contribution is 7.89. The molecule has 28 heavy (non-hydrogen) atoms. The fourth-order valence-electron chi connectivity index (χ4n) is 4.43. The Morgan fingerprint density at radius 3 is 2.39 bits per heavy atom. The maximum atomic E-state index is 13.3. The number of nitrogens with one attached hydrogen (secondary N) is 1. The van der Waals surface area contributed by atoms with Gasteiger partial charge in [-0.15, -0.1) is 0 Å². The second-order valence-corrected chi connectivity index (χ2v) is 9.76. The van der Waals surface area contributed by atoms with Gasteiger partial charge in [-0.3, -0.25) is 9.78 Å². The molecule has 3 heterocycles. The summed E-state index contributed by atoms with van der Waals surface area (Å²) in [7, 11) is -3.60. The summed E-state index contributed by atoms with van der Waals surface area (Å²) in [6.07, 6.45) is 6.05. The van der Waals surface area contributed by atoms with Crippen molar-refractivity contribution >= 4 is 27.5 Å². The lowest BCUT2D eigenvalue weighted by atomic mass is 9.99. The molecule has 1 N–H and O–H groups in total. The number of halogens is 1. The minimum absolute atomic E-state index is 0.0315. The van der Waals surface area contributed by atoms with E-state index in [1.807, 2.05) is 0 Å². The monoisotopic (exact) mass is 419 g/mol. The van der Waals surface area contributed by atoms with Crippen LogP contribution in [0.15, 0.2) is 47.6 Å². The largest absolute Gasteiger partial charge is 0.349 e. The van der Waals surface area contributed by atoms with Gasteiger partial charge in [-0.05, 0) is 68.5 Å². The van der Waals surface area contributed by atoms with Crippen molar-refractivity contribution in [1.29, 1.82) is 0 Å². The number of pyridine rings is 1. The molecular weight excluding hydrogens is 398 g/mol. The summed E-state index contributed by atoms with van der Waals surface area (Å²) in [5, 5.41) is 3.59. The fourth-order valence-corrected chi connectivity index (χ4v) is 6.76. The van der Waals surface area contributed by atoms with E-state index in [9.17, 15) is 13.2 Å². The molecule has 148 valence electrons. The van der Waals surface area contributed by atoms with E-state index in [4.69, 9.17) is 11.6 Å². The minimum atomic E-state index is -3.60. The quantitative estimate of drug-likeness (QED) is 0.825. The van der Waals surface area contributed by atoms with Gasteiger partial charge in [0.15, 0.2) is 0 Å². The van der Waals surface area contributed by atoms with Crippen molar-refractivity contribution in [2.45, 2.75) is 55.6 Å². The molecule has 1 unspecified atom stereocenters. The Bertz CT molecular complexity index is 983. The van der Waals surface area contributed by atoms with Crippen LogP contribution in [0.3, 0.4) is 0 Å². The molecule has 0 spiro atoms.